The molecule has 0 aliphatic carbocycles. The lowest BCUT2D eigenvalue weighted by Gasteiger charge is -2.01. The predicted molar refractivity (Wildman–Crippen MR) is 46.0 cm³/mol. The summed E-state index contributed by atoms with van der Waals surface area (Å²) in [7, 11) is 0. The summed E-state index contributed by atoms with van der Waals surface area (Å²) in [6.45, 7) is 0. The minimum absolute atomic E-state index is 0.414. The first kappa shape index (κ1) is 8.09. The number of thioether (sulfide) groups is 1. The molecule has 0 radical (unpaired) electrons. The Morgan fingerprint density at radius 3 is 2.82 bits per heavy atom. The van der Waals surface area contributed by atoms with E-state index in [0.717, 1.165) is 0 Å². The molecule has 0 saturated heterocycles. The lowest BCUT2D eigenvalue weighted by atomic mass is 10.5. The molecule has 60 valence electrons. The molecular weight excluding hydrogens is 162 g/mol. The van der Waals surface area contributed by atoms with Gasteiger partial charge in [0.2, 0.25) is 0 Å². The molecule has 0 aliphatic rings. The minimum atomic E-state index is 0.414. The first-order chi connectivity index (χ1) is 5.26. The number of hydrogen-bond acceptors (Lipinski definition) is 6. The van der Waals surface area contributed by atoms with Crippen LogP contribution in [-0.4, -0.2) is 16.2 Å². The predicted octanol–water partition coefficient (Wildman–Crippen LogP) is 0.0663. The third-order valence-electron chi connectivity index (χ3n) is 1.06. The fraction of sp³-hybridized carbons (Fsp3) is 0.200. The SMILES string of the molecule is CSc1nc(N)cc(NN)n1. The van der Waals surface area contributed by atoms with E-state index >= 15 is 0 Å². The number of anilines is 2. The average Bonchev–Trinajstić information content (AvgIpc) is 2.03. The molecular formula is C5H9N5S. The lowest BCUT2D eigenvalue weighted by Crippen LogP contribution is -2.10. The highest BCUT2D eigenvalue weighted by Gasteiger charge is 1.98. The van der Waals surface area contributed by atoms with Gasteiger partial charge in [-0.3, -0.25) is 0 Å². The Morgan fingerprint density at radius 1 is 1.55 bits per heavy atom. The van der Waals surface area contributed by atoms with E-state index in [0.29, 0.717) is 16.8 Å². The highest BCUT2D eigenvalue weighted by molar-refractivity contribution is 7.98. The van der Waals surface area contributed by atoms with Gasteiger partial charge in [-0.2, -0.15) is 0 Å². The van der Waals surface area contributed by atoms with Crippen molar-refractivity contribution in [3.05, 3.63) is 6.07 Å². The Morgan fingerprint density at radius 2 is 2.27 bits per heavy atom. The smallest absolute Gasteiger partial charge is 0.191 e. The number of rotatable bonds is 2. The molecule has 0 bridgehead atoms. The van der Waals surface area contributed by atoms with Crippen LogP contribution in [0, 0.1) is 0 Å². The van der Waals surface area contributed by atoms with Gasteiger partial charge in [0.05, 0.1) is 0 Å². The average molecular weight is 171 g/mol. The fourth-order valence-electron chi connectivity index (χ4n) is 0.608. The van der Waals surface area contributed by atoms with Crippen molar-refractivity contribution in [1.82, 2.24) is 9.97 Å². The number of nitrogens with zero attached hydrogens (tertiary/aromatic N) is 2. The van der Waals surface area contributed by atoms with Crippen LogP contribution in [0.5, 0.6) is 0 Å². The van der Waals surface area contributed by atoms with Crippen LogP contribution in [0.2, 0.25) is 0 Å². The van der Waals surface area contributed by atoms with E-state index in [9.17, 15) is 0 Å². The summed E-state index contributed by atoms with van der Waals surface area (Å²) in [5, 5.41) is 0.609. The fourth-order valence-corrected chi connectivity index (χ4v) is 0.995. The van der Waals surface area contributed by atoms with Gasteiger partial charge in [0.15, 0.2) is 5.16 Å². The van der Waals surface area contributed by atoms with Crippen LogP contribution in [0.1, 0.15) is 0 Å². The topological polar surface area (TPSA) is 89.8 Å². The van der Waals surface area contributed by atoms with Gasteiger partial charge in [-0.05, 0) is 6.26 Å². The molecule has 0 aromatic carbocycles. The van der Waals surface area contributed by atoms with Crippen LogP contribution in [-0.2, 0) is 0 Å². The number of nitrogens with one attached hydrogen (secondary N) is 1. The van der Waals surface area contributed by atoms with Crippen LogP contribution in [0.25, 0.3) is 0 Å². The molecule has 0 atom stereocenters. The number of hydrogen-bond donors (Lipinski definition) is 3. The van der Waals surface area contributed by atoms with Gasteiger partial charge in [-0.25, -0.2) is 15.8 Å². The number of aromatic nitrogens is 2. The molecule has 1 rings (SSSR count). The number of nitrogen functional groups attached to an aromatic ring is 2. The summed E-state index contributed by atoms with van der Waals surface area (Å²) in [5.74, 6) is 6.08. The molecule has 5 nitrogen and oxygen atoms in total. The minimum Gasteiger partial charge on any atom is -0.383 e. The van der Waals surface area contributed by atoms with Gasteiger partial charge in [-0.15, -0.1) is 0 Å². The van der Waals surface area contributed by atoms with E-state index in [2.05, 4.69) is 15.4 Å². The van der Waals surface area contributed by atoms with Gasteiger partial charge in [0.25, 0.3) is 0 Å². The molecule has 6 heteroatoms. The van der Waals surface area contributed by atoms with E-state index in [1.165, 1.54) is 11.8 Å². The molecule has 1 aromatic rings. The van der Waals surface area contributed by atoms with Gasteiger partial charge in [0.1, 0.15) is 11.6 Å². The van der Waals surface area contributed by atoms with Gasteiger partial charge in [0, 0.05) is 6.07 Å². The van der Waals surface area contributed by atoms with E-state index in [1.807, 2.05) is 6.26 Å². The Balaban J connectivity index is 3.02. The first-order valence-corrected chi connectivity index (χ1v) is 4.14. The van der Waals surface area contributed by atoms with E-state index < -0.39 is 0 Å². The Hall–Kier alpha value is -1.01. The van der Waals surface area contributed by atoms with E-state index in [-0.39, 0.29) is 0 Å². The zero-order valence-electron chi connectivity index (χ0n) is 6.03. The molecule has 0 aliphatic heterocycles. The molecule has 11 heavy (non-hydrogen) atoms. The molecule has 0 saturated carbocycles. The third-order valence-corrected chi connectivity index (χ3v) is 1.60. The largest absolute Gasteiger partial charge is 0.383 e. The summed E-state index contributed by atoms with van der Waals surface area (Å²) in [5.41, 5.74) is 7.85. The molecule has 0 amide bonds. The van der Waals surface area contributed by atoms with Crippen molar-refractivity contribution in [2.75, 3.05) is 17.4 Å². The Bertz CT molecular complexity index is 228. The number of hydrazine groups is 1. The van der Waals surface area contributed by atoms with Crippen molar-refractivity contribution in [2.24, 2.45) is 5.84 Å². The third kappa shape index (κ3) is 1.95. The van der Waals surface area contributed by atoms with Crippen molar-refractivity contribution >= 4 is 23.4 Å². The van der Waals surface area contributed by atoms with Crippen molar-refractivity contribution < 1.29 is 0 Å². The zero-order chi connectivity index (χ0) is 8.27. The van der Waals surface area contributed by atoms with Crippen molar-refractivity contribution in [3.63, 3.8) is 0 Å². The molecule has 1 heterocycles. The summed E-state index contributed by atoms with van der Waals surface area (Å²) in [6, 6.07) is 1.57. The quantitative estimate of drug-likeness (QED) is 0.252. The number of nitrogens with two attached hydrogens (primary N) is 2. The maximum Gasteiger partial charge on any atom is 0.191 e. The summed E-state index contributed by atoms with van der Waals surface area (Å²) >= 11 is 1.41. The molecule has 0 unspecified atom stereocenters. The zero-order valence-corrected chi connectivity index (χ0v) is 6.85. The van der Waals surface area contributed by atoms with Crippen LogP contribution < -0.4 is 17.0 Å². The maximum absolute atomic E-state index is 5.45. The molecule has 0 fully saturated rings. The highest BCUT2D eigenvalue weighted by Crippen LogP contribution is 2.13. The normalized spacial score (nSPS) is 9.64. The summed E-state index contributed by atoms with van der Waals surface area (Å²) < 4.78 is 0. The Labute approximate surface area is 68.6 Å². The van der Waals surface area contributed by atoms with Crippen molar-refractivity contribution in [1.29, 1.82) is 0 Å². The molecule has 0 spiro atoms. The molecule has 1 aromatic heterocycles. The van der Waals surface area contributed by atoms with Gasteiger partial charge in [-0.1, -0.05) is 11.8 Å². The van der Waals surface area contributed by atoms with Gasteiger partial charge >= 0.3 is 0 Å². The summed E-state index contributed by atoms with van der Waals surface area (Å²) in [4.78, 5) is 7.94. The Kier molecular flexibility index (Phi) is 2.50. The molecule has 5 N–H and O–H groups in total. The monoisotopic (exact) mass is 171 g/mol. The van der Waals surface area contributed by atoms with E-state index in [1.54, 1.807) is 6.07 Å². The van der Waals surface area contributed by atoms with Crippen LogP contribution >= 0.6 is 11.8 Å². The second kappa shape index (κ2) is 3.40. The first-order valence-electron chi connectivity index (χ1n) is 2.91. The maximum atomic E-state index is 5.45. The van der Waals surface area contributed by atoms with Gasteiger partial charge < -0.3 is 11.2 Å². The van der Waals surface area contributed by atoms with Crippen LogP contribution in [0.4, 0.5) is 11.6 Å². The van der Waals surface area contributed by atoms with Crippen molar-refractivity contribution in [3.8, 4) is 0 Å². The standard InChI is InChI=1S/C5H9N5S/c1-11-5-8-3(6)2-4(9-5)10-7/h2H,7H2,1H3,(H3,6,8,9,10). The van der Waals surface area contributed by atoms with E-state index in [4.69, 9.17) is 11.6 Å². The summed E-state index contributed by atoms with van der Waals surface area (Å²) in [6.07, 6.45) is 1.87. The lowest BCUT2D eigenvalue weighted by molar-refractivity contribution is 0.975. The highest BCUT2D eigenvalue weighted by atomic mass is 32.2. The van der Waals surface area contributed by atoms with Crippen LogP contribution in [0.15, 0.2) is 11.2 Å². The second-order valence-corrected chi connectivity index (χ2v) is 2.58. The van der Waals surface area contributed by atoms with Crippen LogP contribution in [0.3, 0.4) is 0 Å². The van der Waals surface area contributed by atoms with Crippen molar-refractivity contribution in [2.45, 2.75) is 5.16 Å². The second-order valence-electron chi connectivity index (χ2n) is 1.81.